The fourth-order valence-electron chi connectivity index (χ4n) is 3.59. The first-order valence-electron chi connectivity index (χ1n) is 12.5. The van der Waals surface area contributed by atoms with Crippen LogP contribution < -0.4 is 4.74 Å². The molecule has 7 heteroatoms. The Balaban J connectivity index is 1.80. The Morgan fingerprint density at radius 3 is 1.89 bits per heavy atom. The van der Waals surface area contributed by atoms with Gasteiger partial charge in [-0.2, -0.15) is 13.2 Å². The van der Waals surface area contributed by atoms with Gasteiger partial charge >= 0.3 is 12.1 Å². The predicted octanol–water partition coefficient (Wildman–Crippen LogP) is 8.00. The van der Waals surface area contributed by atoms with Crippen molar-refractivity contribution in [1.82, 2.24) is 0 Å². The first-order valence-corrected chi connectivity index (χ1v) is 12.5. The maximum absolute atomic E-state index is 13.1. The van der Waals surface area contributed by atoms with Crippen molar-refractivity contribution >= 4 is 5.97 Å². The van der Waals surface area contributed by atoms with E-state index in [1.54, 1.807) is 19.1 Å². The van der Waals surface area contributed by atoms with Crippen molar-refractivity contribution in [2.24, 2.45) is 0 Å². The van der Waals surface area contributed by atoms with Gasteiger partial charge in [0.25, 0.3) is 0 Å². The van der Waals surface area contributed by atoms with Crippen LogP contribution in [0.4, 0.5) is 13.2 Å². The molecule has 0 aliphatic heterocycles. The number of carbonyl (C=O) groups excluding carboxylic acids is 1. The summed E-state index contributed by atoms with van der Waals surface area (Å²) in [6.07, 6.45) is 3.01. The number of hydrogen-bond donors (Lipinski definition) is 0. The molecule has 0 N–H and O–H groups in total. The molecule has 2 aromatic carbocycles. The number of halogens is 3. The van der Waals surface area contributed by atoms with Crippen molar-refractivity contribution in [2.75, 3.05) is 19.8 Å². The summed E-state index contributed by atoms with van der Waals surface area (Å²) in [5, 5.41) is 0. The zero-order valence-corrected chi connectivity index (χ0v) is 20.7. The molecule has 0 aliphatic rings. The SMILES string of the molecule is CCCCCCCCCCOc1ccc(-c2ccc(C(=O)OC(COCC)C(F)(F)F)cc2)cc1. The van der Waals surface area contributed by atoms with E-state index in [0.29, 0.717) is 6.61 Å². The lowest BCUT2D eigenvalue weighted by Crippen LogP contribution is -2.37. The number of hydrogen-bond acceptors (Lipinski definition) is 4. The van der Waals surface area contributed by atoms with Crippen molar-refractivity contribution in [3.63, 3.8) is 0 Å². The van der Waals surface area contributed by atoms with Gasteiger partial charge in [-0.3, -0.25) is 0 Å². The minimum absolute atomic E-state index is 0.0461. The van der Waals surface area contributed by atoms with Crippen LogP contribution in [0.3, 0.4) is 0 Å². The van der Waals surface area contributed by atoms with Gasteiger partial charge in [0.15, 0.2) is 0 Å². The Bertz CT molecular complexity index is 848. The van der Waals surface area contributed by atoms with Gasteiger partial charge in [0.1, 0.15) is 5.75 Å². The van der Waals surface area contributed by atoms with Crippen LogP contribution in [0.15, 0.2) is 48.5 Å². The molecule has 0 saturated carbocycles. The van der Waals surface area contributed by atoms with Crippen molar-refractivity contribution in [1.29, 1.82) is 0 Å². The fourth-order valence-corrected chi connectivity index (χ4v) is 3.59. The standard InChI is InChI=1S/C28H37F3O4/c1-3-5-6-7-8-9-10-11-20-34-25-18-16-23(17-19-25)22-12-14-24(15-13-22)27(32)35-26(21-33-4-2)28(29,30)31/h12-19,26H,3-11,20-21H2,1-2H3. The molecule has 35 heavy (non-hydrogen) atoms. The maximum Gasteiger partial charge on any atom is 0.427 e. The summed E-state index contributed by atoms with van der Waals surface area (Å²) in [4.78, 5) is 12.2. The zero-order valence-electron chi connectivity index (χ0n) is 20.7. The van der Waals surface area contributed by atoms with E-state index in [-0.39, 0.29) is 12.2 Å². The third-order valence-corrected chi connectivity index (χ3v) is 5.66. The number of rotatable bonds is 16. The largest absolute Gasteiger partial charge is 0.494 e. The summed E-state index contributed by atoms with van der Waals surface area (Å²) in [5.74, 6) is -0.243. The van der Waals surface area contributed by atoms with Crippen LogP contribution in [0.5, 0.6) is 5.75 Å². The minimum atomic E-state index is -4.69. The molecule has 1 unspecified atom stereocenters. The third-order valence-electron chi connectivity index (χ3n) is 5.66. The van der Waals surface area contributed by atoms with E-state index in [1.165, 1.54) is 57.1 Å². The highest BCUT2D eigenvalue weighted by Crippen LogP contribution is 2.26. The molecule has 4 nitrogen and oxygen atoms in total. The average Bonchev–Trinajstić information content (AvgIpc) is 2.85. The molecule has 2 rings (SSSR count). The van der Waals surface area contributed by atoms with Crippen molar-refractivity contribution in [3.05, 3.63) is 54.1 Å². The normalized spacial score (nSPS) is 12.4. The number of unbranched alkanes of at least 4 members (excludes halogenated alkanes) is 7. The van der Waals surface area contributed by atoms with Gasteiger partial charge in [0.05, 0.1) is 18.8 Å². The Hall–Kier alpha value is -2.54. The molecule has 0 amide bonds. The minimum Gasteiger partial charge on any atom is -0.494 e. The summed E-state index contributed by atoms with van der Waals surface area (Å²) >= 11 is 0. The number of esters is 1. The average molecular weight is 495 g/mol. The van der Waals surface area contributed by atoms with Gasteiger partial charge < -0.3 is 14.2 Å². The van der Waals surface area contributed by atoms with Crippen LogP contribution >= 0.6 is 0 Å². The van der Waals surface area contributed by atoms with Gasteiger partial charge in [0.2, 0.25) is 6.10 Å². The second kappa shape index (κ2) is 15.5. The van der Waals surface area contributed by atoms with Crippen LogP contribution in [0, 0.1) is 0 Å². The van der Waals surface area contributed by atoms with E-state index in [2.05, 4.69) is 11.7 Å². The molecule has 194 valence electrons. The molecule has 0 radical (unpaired) electrons. The van der Waals surface area contributed by atoms with Crippen molar-refractivity contribution < 1.29 is 32.2 Å². The highest BCUT2D eigenvalue weighted by Gasteiger charge is 2.43. The lowest BCUT2D eigenvalue weighted by atomic mass is 10.0. The summed E-state index contributed by atoms with van der Waals surface area (Å²) < 4.78 is 54.4. The number of benzene rings is 2. The van der Waals surface area contributed by atoms with Gasteiger partial charge in [-0.25, -0.2) is 4.79 Å². The Labute approximate surface area is 206 Å². The van der Waals surface area contributed by atoms with Gasteiger partial charge in [-0.05, 0) is 48.7 Å². The van der Waals surface area contributed by atoms with Crippen molar-refractivity contribution in [2.45, 2.75) is 77.5 Å². The molecule has 0 bridgehead atoms. The van der Waals surface area contributed by atoms with Crippen LogP contribution in [0.25, 0.3) is 11.1 Å². The molecule has 0 aliphatic carbocycles. The van der Waals surface area contributed by atoms with Crippen LogP contribution in [0.1, 0.15) is 75.6 Å². The number of ether oxygens (including phenoxy) is 3. The summed E-state index contributed by atoms with van der Waals surface area (Å²) in [7, 11) is 0. The molecule has 1 atom stereocenters. The quantitative estimate of drug-likeness (QED) is 0.175. The molecule has 0 spiro atoms. The maximum atomic E-state index is 13.1. The molecule has 0 aromatic heterocycles. The van der Waals surface area contributed by atoms with E-state index >= 15 is 0 Å². The lowest BCUT2D eigenvalue weighted by Gasteiger charge is -2.20. The predicted molar refractivity (Wildman–Crippen MR) is 132 cm³/mol. The van der Waals surface area contributed by atoms with E-state index in [1.807, 2.05) is 24.3 Å². The molecule has 0 fully saturated rings. The van der Waals surface area contributed by atoms with Crippen LogP contribution in [0.2, 0.25) is 0 Å². The Morgan fingerprint density at radius 1 is 0.800 bits per heavy atom. The highest BCUT2D eigenvalue weighted by atomic mass is 19.4. The van der Waals surface area contributed by atoms with Gasteiger partial charge in [-0.1, -0.05) is 76.1 Å². The number of carbonyl (C=O) groups is 1. The smallest absolute Gasteiger partial charge is 0.427 e. The van der Waals surface area contributed by atoms with E-state index in [9.17, 15) is 18.0 Å². The Morgan fingerprint density at radius 2 is 1.34 bits per heavy atom. The van der Waals surface area contributed by atoms with E-state index < -0.39 is 24.9 Å². The molecule has 0 saturated heterocycles. The molecular weight excluding hydrogens is 457 g/mol. The summed E-state index contributed by atoms with van der Waals surface area (Å²) in [5.41, 5.74) is 1.79. The first-order chi connectivity index (χ1) is 16.8. The van der Waals surface area contributed by atoms with Gasteiger partial charge in [0, 0.05) is 6.61 Å². The summed E-state index contributed by atoms with van der Waals surface area (Å²) in [6, 6.07) is 13.9. The van der Waals surface area contributed by atoms with E-state index in [4.69, 9.17) is 9.47 Å². The molecule has 0 heterocycles. The lowest BCUT2D eigenvalue weighted by molar-refractivity contribution is -0.217. The monoisotopic (exact) mass is 494 g/mol. The first kappa shape index (κ1) is 28.7. The second-order valence-corrected chi connectivity index (χ2v) is 8.52. The van der Waals surface area contributed by atoms with Crippen molar-refractivity contribution in [3.8, 4) is 16.9 Å². The van der Waals surface area contributed by atoms with E-state index in [0.717, 1.165) is 23.3 Å². The topological polar surface area (TPSA) is 44.8 Å². The van der Waals surface area contributed by atoms with Crippen LogP contribution in [-0.4, -0.2) is 38.1 Å². The summed E-state index contributed by atoms with van der Waals surface area (Å²) in [6.45, 7) is 3.86. The fraction of sp³-hybridized carbons (Fsp3) is 0.536. The third kappa shape index (κ3) is 10.7. The number of alkyl halides is 3. The second-order valence-electron chi connectivity index (χ2n) is 8.52. The van der Waals surface area contributed by atoms with Crippen LogP contribution in [-0.2, 0) is 9.47 Å². The highest BCUT2D eigenvalue weighted by molar-refractivity contribution is 5.90. The van der Waals surface area contributed by atoms with Gasteiger partial charge in [-0.15, -0.1) is 0 Å². The zero-order chi connectivity index (χ0) is 25.5. The Kier molecular flexibility index (Phi) is 12.7. The molecular formula is C28H37F3O4. The molecule has 2 aromatic rings.